The van der Waals surface area contributed by atoms with Gasteiger partial charge in [-0.15, -0.1) is 0 Å². The Bertz CT molecular complexity index is 523. The highest BCUT2D eigenvalue weighted by molar-refractivity contribution is 5.45. The molecule has 2 rings (SSSR count). The molecule has 0 saturated carbocycles. The summed E-state index contributed by atoms with van der Waals surface area (Å²) in [6.45, 7) is 2.52. The smallest absolute Gasteiger partial charge is 0.149 e. The Balaban J connectivity index is 2.07. The minimum absolute atomic E-state index is 0.313. The number of nitrogens with one attached hydrogen (secondary N) is 1. The molecule has 2 aromatic rings. The van der Waals surface area contributed by atoms with Crippen molar-refractivity contribution in [2.24, 2.45) is 0 Å². The van der Waals surface area contributed by atoms with Crippen molar-refractivity contribution in [3.05, 3.63) is 65.2 Å². The molecule has 1 nitrogen and oxygen atoms in total. The maximum absolute atomic E-state index is 13.3. The Morgan fingerprint density at radius 1 is 1.06 bits per heavy atom. The second-order valence-electron chi connectivity index (χ2n) is 3.97. The first kappa shape index (κ1) is 11.6. The SMILES string of the molecule is Cc1cccc(CNc2ccc(F)cc2F)c1. The van der Waals surface area contributed by atoms with Crippen LogP contribution in [0.4, 0.5) is 14.5 Å². The van der Waals surface area contributed by atoms with E-state index in [0.29, 0.717) is 12.2 Å². The van der Waals surface area contributed by atoms with E-state index >= 15 is 0 Å². The lowest BCUT2D eigenvalue weighted by atomic mass is 10.1. The lowest BCUT2D eigenvalue weighted by Crippen LogP contribution is -2.01. The molecule has 0 spiro atoms. The molecule has 17 heavy (non-hydrogen) atoms. The van der Waals surface area contributed by atoms with Crippen molar-refractivity contribution in [2.75, 3.05) is 5.32 Å². The molecule has 0 saturated heterocycles. The fourth-order valence-corrected chi connectivity index (χ4v) is 1.65. The van der Waals surface area contributed by atoms with Crippen LogP contribution in [0.2, 0.25) is 0 Å². The Morgan fingerprint density at radius 3 is 2.59 bits per heavy atom. The molecular formula is C14H13F2N. The van der Waals surface area contributed by atoms with E-state index < -0.39 is 11.6 Å². The molecule has 0 aromatic heterocycles. The third-order valence-electron chi connectivity index (χ3n) is 2.50. The molecule has 0 heterocycles. The minimum Gasteiger partial charge on any atom is -0.379 e. The number of aryl methyl sites for hydroxylation is 1. The predicted molar refractivity (Wildman–Crippen MR) is 64.9 cm³/mol. The number of anilines is 1. The highest BCUT2D eigenvalue weighted by atomic mass is 19.1. The molecule has 0 amide bonds. The Kier molecular flexibility index (Phi) is 3.38. The van der Waals surface area contributed by atoms with Gasteiger partial charge < -0.3 is 5.32 Å². The summed E-state index contributed by atoms with van der Waals surface area (Å²) in [5.74, 6) is -1.14. The van der Waals surface area contributed by atoms with Crippen LogP contribution in [0, 0.1) is 18.6 Å². The fourth-order valence-electron chi connectivity index (χ4n) is 1.65. The van der Waals surface area contributed by atoms with E-state index in [-0.39, 0.29) is 0 Å². The van der Waals surface area contributed by atoms with Gasteiger partial charge in [0.25, 0.3) is 0 Å². The Hall–Kier alpha value is -1.90. The third kappa shape index (κ3) is 3.03. The largest absolute Gasteiger partial charge is 0.379 e. The number of rotatable bonds is 3. The monoisotopic (exact) mass is 233 g/mol. The topological polar surface area (TPSA) is 12.0 Å². The van der Waals surface area contributed by atoms with Gasteiger partial charge in [0.2, 0.25) is 0 Å². The van der Waals surface area contributed by atoms with Crippen LogP contribution in [0.5, 0.6) is 0 Å². The number of halogens is 2. The molecule has 0 unspecified atom stereocenters. The summed E-state index contributed by atoms with van der Waals surface area (Å²) < 4.78 is 26.0. The molecule has 2 aromatic carbocycles. The first-order valence-corrected chi connectivity index (χ1v) is 5.39. The van der Waals surface area contributed by atoms with Crippen LogP contribution in [-0.4, -0.2) is 0 Å². The Labute approximate surface area is 99.1 Å². The molecule has 0 aliphatic rings. The first-order valence-electron chi connectivity index (χ1n) is 5.39. The van der Waals surface area contributed by atoms with E-state index in [9.17, 15) is 8.78 Å². The molecule has 0 atom stereocenters. The zero-order valence-corrected chi connectivity index (χ0v) is 9.50. The molecule has 0 fully saturated rings. The summed E-state index contributed by atoms with van der Waals surface area (Å²) in [7, 11) is 0. The summed E-state index contributed by atoms with van der Waals surface area (Å²) in [6.07, 6.45) is 0. The van der Waals surface area contributed by atoms with Gasteiger partial charge in [0.1, 0.15) is 11.6 Å². The quantitative estimate of drug-likeness (QED) is 0.848. The molecule has 88 valence electrons. The zero-order valence-electron chi connectivity index (χ0n) is 9.50. The normalized spacial score (nSPS) is 10.3. The average Bonchev–Trinajstić information content (AvgIpc) is 2.28. The summed E-state index contributed by atoms with van der Waals surface area (Å²) in [5.41, 5.74) is 2.53. The second-order valence-corrected chi connectivity index (χ2v) is 3.97. The van der Waals surface area contributed by atoms with Gasteiger partial charge in [-0.3, -0.25) is 0 Å². The molecule has 0 bridgehead atoms. The minimum atomic E-state index is -0.572. The van der Waals surface area contributed by atoms with Crippen molar-refractivity contribution in [3.8, 4) is 0 Å². The van der Waals surface area contributed by atoms with Crippen molar-refractivity contribution >= 4 is 5.69 Å². The second kappa shape index (κ2) is 4.95. The summed E-state index contributed by atoms with van der Waals surface area (Å²) >= 11 is 0. The molecule has 0 radical (unpaired) electrons. The number of hydrogen-bond donors (Lipinski definition) is 1. The van der Waals surface area contributed by atoms with Crippen LogP contribution in [0.1, 0.15) is 11.1 Å². The van der Waals surface area contributed by atoms with E-state index in [1.54, 1.807) is 0 Å². The zero-order chi connectivity index (χ0) is 12.3. The standard InChI is InChI=1S/C14H13F2N/c1-10-3-2-4-11(7-10)9-17-14-6-5-12(15)8-13(14)16/h2-8,17H,9H2,1H3. The van der Waals surface area contributed by atoms with E-state index in [0.717, 1.165) is 17.2 Å². The van der Waals surface area contributed by atoms with Crippen molar-refractivity contribution in [3.63, 3.8) is 0 Å². The lowest BCUT2D eigenvalue weighted by Gasteiger charge is -2.08. The van der Waals surface area contributed by atoms with Gasteiger partial charge in [-0.05, 0) is 24.6 Å². The van der Waals surface area contributed by atoms with Crippen molar-refractivity contribution in [2.45, 2.75) is 13.5 Å². The van der Waals surface area contributed by atoms with Gasteiger partial charge in [-0.25, -0.2) is 8.78 Å². The number of hydrogen-bond acceptors (Lipinski definition) is 1. The highest BCUT2D eigenvalue weighted by Gasteiger charge is 2.02. The van der Waals surface area contributed by atoms with Crippen LogP contribution < -0.4 is 5.32 Å². The molecule has 0 aliphatic carbocycles. The average molecular weight is 233 g/mol. The summed E-state index contributed by atoms with van der Waals surface area (Å²) in [6, 6.07) is 11.5. The van der Waals surface area contributed by atoms with E-state index in [4.69, 9.17) is 0 Å². The van der Waals surface area contributed by atoms with Gasteiger partial charge in [0.15, 0.2) is 0 Å². The summed E-state index contributed by atoms with van der Waals surface area (Å²) in [5, 5.41) is 2.94. The summed E-state index contributed by atoms with van der Waals surface area (Å²) in [4.78, 5) is 0. The van der Waals surface area contributed by atoms with Crippen molar-refractivity contribution in [1.29, 1.82) is 0 Å². The van der Waals surface area contributed by atoms with Crippen LogP contribution in [0.15, 0.2) is 42.5 Å². The highest BCUT2D eigenvalue weighted by Crippen LogP contribution is 2.16. The van der Waals surface area contributed by atoms with Crippen molar-refractivity contribution < 1.29 is 8.78 Å². The van der Waals surface area contributed by atoms with Crippen LogP contribution in [0.3, 0.4) is 0 Å². The van der Waals surface area contributed by atoms with Gasteiger partial charge in [0, 0.05) is 12.6 Å². The first-order chi connectivity index (χ1) is 8.15. The predicted octanol–water partition coefficient (Wildman–Crippen LogP) is 3.89. The van der Waals surface area contributed by atoms with Crippen LogP contribution in [-0.2, 0) is 6.54 Å². The molecule has 1 N–H and O–H groups in total. The molecule has 0 aliphatic heterocycles. The molecular weight excluding hydrogens is 220 g/mol. The van der Waals surface area contributed by atoms with Gasteiger partial charge in [0.05, 0.1) is 5.69 Å². The number of benzene rings is 2. The van der Waals surface area contributed by atoms with E-state index in [2.05, 4.69) is 5.32 Å². The third-order valence-corrected chi connectivity index (χ3v) is 2.50. The Morgan fingerprint density at radius 2 is 1.88 bits per heavy atom. The fraction of sp³-hybridized carbons (Fsp3) is 0.143. The van der Waals surface area contributed by atoms with Gasteiger partial charge in [-0.2, -0.15) is 0 Å². The lowest BCUT2D eigenvalue weighted by molar-refractivity contribution is 0.585. The van der Waals surface area contributed by atoms with E-state index in [1.807, 2.05) is 31.2 Å². The van der Waals surface area contributed by atoms with Gasteiger partial charge >= 0.3 is 0 Å². The van der Waals surface area contributed by atoms with Gasteiger partial charge in [-0.1, -0.05) is 29.8 Å². The maximum atomic E-state index is 13.3. The van der Waals surface area contributed by atoms with Crippen LogP contribution in [0.25, 0.3) is 0 Å². The molecule has 3 heteroatoms. The van der Waals surface area contributed by atoms with Crippen LogP contribution >= 0.6 is 0 Å². The van der Waals surface area contributed by atoms with Crippen molar-refractivity contribution in [1.82, 2.24) is 0 Å². The van der Waals surface area contributed by atoms with E-state index in [1.165, 1.54) is 12.1 Å². The maximum Gasteiger partial charge on any atom is 0.149 e.